The third kappa shape index (κ3) is 4.77. The van der Waals surface area contributed by atoms with Gasteiger partial charge < -0.3 is 29.6 Å². The first-order valence-corrected chi connectivity index (χ1v) is 12.3. The van der Waals surface area contributed by atoms with Crippen LogP contribution in [0.1, 0.15) is 25.5 Å². The van der Waals surface area contributed by atoms with Gasteiger partial charge in [0.15, 0.2) is 16.6 Å². The molecule has 3 aromatic carbocycles. The maximum Gasteiger partial charge on any atom is 0.255 e. The van der Waals surface area contributed by atoms with Gasteiger partial charge in [-0.2, -0.15) is 0 Å². The first kappa shape index (κ1) is 24.5. The molecule has 3 aromatic rings. The van der Waals surface area contributed by atoms with E-state index in [4.69, 9.17) is 31.2 Å². The highest BCUT2D eigenvalue weighted by molar-refractivity contribution is 7.80. The molecule has 0 unspecified atom stereocenters. The van der Waals surface area contributed by atoms with E-state index in [0.29, 0.717) is 45.9 Å². The van der Waals surface area contributed by atoms with Crippen LogP contribution in [-0.2, 0) is 4.79 Å². The largest absolute Gasteiger partial charge is 0.495 e. The Kier molecular flexibility index (Phi) is 6.87. The lowest BCUT2D eigenvalue weighted by Gasteiger charge is -2.38. The van der Waals surface area contributed by atoms with Crippen LogP contribution < -0.4 is 34.5 Å². The second-order valence-corrected chi connectivity index (χ2v) is 8.80. The smallest absolute Gasteiger partial charge is 0.255 e. The summed E-state index contributed by atoms with van der Waals surface area (Å²) in [6, 6.07) is 20.0. The van der Waals surface area contributed by atoms with E-state index in [2.05, 4.69) is 10.6 Å². The molecule has 0 fully saturated rings. The molecule has 1 atom stereocenters. The molecule has 0 aromatic heterocycles. The number of para-hydroxylation sites is 2. The van der Waals surface area contributed by atoms with Crippen molar-refractivity contribution < 1.29 is 23.7 Å². The zero-order valence-electron chi connectivity index (χ0n) is 20.7. The van der Waals surface area contributed by atoms with Crippen molar-refractivity contribution in [2.45, 2.75) is 19.9 Å². The van der Waals surface area contributed by atoms with E-state index in [1.165, 1.54) is 0 Å². The van der Waals surface area contributed by atoms with Gasteiger partial charge in [0.2, 0.25) is 6.79 Å². The van der Waals surface area contributed by atoms with E-state index in [1.807, 2.05) is 73.3 Å². The molecule has 0 saturated heterocycles. The number of ether oxygens (including phenoxy) is 4. The molecule has 2 heterocycles. The van der Waals surface area contributed by atoms with Crippen LogP contribution in [0.15, 0.2) is 78.0 Å². The third-order valence-corrected chi connectivity index (χ3v) is 6.52. The molecule has 5 rings (SSSR count). The van der Waals surface area contributed by atoms with Gasteiger partial charge in [0.1, 0.15) is 11.5 Å². The molecule has 0 bridgehead atoms. The van der Waals surface area contributed by atoms with Gasteiger partial charge in [0, 0.05) is 11.4 Å². The summed E-state index contributed by atoms with van der Waals surface area (Å²) in [4.78, 5) is 15.7. The molecule has 9 heteroatoms. The van der Waals surface area contributed by atoms with E-state index < -0.39 is 6.04 Å². The lowest BCUT2D eigenvalue weighted by molar-refractivity contribution is -0.113. The molecule has 2 aliphatic heterocycles. The maximum atomic E-state index is 13.9. The Hall–Kier alpha value is -4.24. The number of nitrogens with zero attached hydrogens (tertiary/aromatic N) is 1. The van der Waals surface area contributed by atoms with E-state index in [0.717, 1.165) is 17.0 Å². The second kappa shape index (κ2) is 10.4. The molecule has 0 saturated carbocycles. The van der Waals surface area contributed by atoms with Gasteiger partial charge in [-0.15, -0.1) is 0 Å². The minimum atomic E-state index is -0.518. The van der Waals surface area contributed by atoms with Crippen LogP contribution in [0.5, 0.6) is 23.0 Å². The summed E-state index contributed by atoms with van der Waals surface area (Å²) in [5.74, 6) is 2.34. The summed E-state index contributed by atoms with van der Waals surface area (Å²) in [5, 5.41) is 6.86. The lowest BCUT2D eigenvalue weighted by atomic mass is 9.93. The van der Waals surface area contributed by atoms with Crippen LogP contribution >= 0.6 is 12.2 Å². The molecular formula is C28H27N3O5S. The van der Waals surface area contributed by atoms with Crippen LogP contribution in [0.4, 0.5) is 11.4 Å². The Labute approximate surface area is 220 Å². The third-order valence-electron chi connectivity index (χ3n) is 6.22. The first-order chi connectivity index (χ1) is 18.0. The minimum Gasteiger partial charge on any atom is -0.495 e. The molecular weight excluding hydrogens is 490 g/mol. The zero-order valence-corrected chi connectivity index (χ0v) is 21.6. The number of methoxy groups -OCH3 is 1. The van der Waals surface area contributed by atoms with Crippen LogP contribution in [0.3, 0.4) is 0 Å². The number of rotatable bonds is 7. The summed E-state index contributed by atoms with van der Waals surface area (Å²) in [5.41, 5.74) is 3.41. The Morgan fingerprint density at radius 1 is 1.11 bits per heavy atom. The van der Waals surface area contributed by atoms with Crippen LogP contribution in [-0.4, -0.2) is 31.5 Å². The van der Waals surface area contributed by atoms with Crippen molar-refractivity contribution in [1.29, 1.82) is 0 Å². The van der Waals surface area contributed by atoms with Crippen molar-refractivity contribution in [3.8, 4) is 23.0 Å². The number of thiocarbonyl (C=S) groups is 1. The van der Waals surface area contributed by atoms with Crippen molar-refractivity contribution in [2.75, 3.05) is 30.7 Å². The Morgan fingerprint density at radius 3 is 2.62 bits per heavy atom. The summed E-state index contributed by atoms with van der Waals surface area (Å²) < 4.78 is 22.1. The summed E-state index contributed by atoms with van der Waals surface area (Å²) >= 11 is 5.80. The molecule has 1 amide bonds. The van der Waals surface area contributed by atoms with Crippen molar-refractivity contribution >= 4 is 34.6 Å². The predicted octanol–water partition coefficient (Wildman–Crippen LogP) is 5.17. The van der Waals surface area contributed by atoms with E-state index >= 15 is 0 Å². The van der Waals surface area contributed by atoms with Gasteiger partial charge in [0.05, 0.1) is 31.0 Å². The zero-order chi connectivity index (χ0) is 25.9. The Bertz CT molecular complexity index is 1370. The Balaban J connectivity index is 1.57. The molecule has 0 spiro atoms. The highest BCUT2D eigenvalue weighted by Crippen LogP contribution is 2.39. The van der Waals surface area contributed by atoms with Gasteiger partial charge in [-0.25, -0.2) is 0 Å². The molecule has 190 valence electrons. The fourth-order valence-corrected chi connectivity index (χ4v) is 4.85. The molecule has 0 radical (unpaired) electrons. The van der Waals surface area contributed by atoms with Gasteiger partial charge in [-0.1, -0.05) is 18.2 Å². The number of fused-ring (bicyclic) bond motifs is 1. The van der Waals surface area contributed by atoms with Crippen molar-refractivity contribution in [3.05, 3.63) is 83.6 Å². The topological polar surface area (TPSA) is 81.3 Å². The lowest BCUT2D eigenvalue weighted by Crippen LogP contribution is -2.48. The summed E-state index contributed by atoms with van der Waals surface area (Å²) in [6.07, 6.45) is 0. The van der Waals surface area contributed by atoms with Gasteiger partial charge in [0.25, 0.3) is 5.91 Å². The molecule has 8 nitrogen and oxygen atoms in total. The molecule has 2 aliphatic rings. The molecule has 37 heavy (non-hydrogen) atoms. The second-order valence-electron chi connectivity index (χ2n) is 8.41. The molecule has 0 aliphatic carbocycles. The Morgan fingerprint density at radius 2 is 1.86 bits per heavy atom. The summed E-state index contributed by atoms with van der Waals surface area (Å²) in [7, 11) is 1.57. The molecule has 2 N–H and O–H groups in total. The number of hydrogen-bond acceptors (Lipinski definition) is 6. The summed E-state index contributed by atoms with van der Waals surface area (Å²) in [6.45, 7) is 4.57. The SMILES string of the molecule is CCOc1ccc(N2C(=S)N[C@@H](c3ccc4c(c3)OCO4)C(C(=O)Nc3ccccc3OC)=C2C)cc1. The number of amides is 1. The number of benzene rings is 3. The number of carbonyl (C=O) groups is 1. The average Bonchev–Trinajstić information content (AvgIpc) is 3.38. The highest BCUT2D eigenvalue weighted by atomic mass is 32.1. The van der Waals surface area contributed by atoms with E-state index in [-0.39, 0.29) is 12.7 Å². The number of allylic oxidation sites excluding steroid dienone is 1. The predicted molar refractivity (Wildman–Crippen MR) is 145 cm³/mol. The van der Waals surface area contributed by atoms with Crippen LogP contribution in [0.2, 0.25) is 0 Å². The van der Waals surface area contributed by atoms with Crippen LogP contribution in [0.25, 0.3) is 0 Å². The number of nitrogens with one attached hydrogen (secondary N) is 2. The standard InChI is InChI=1S/C28H27N3O5S/c1-4-34-20-12-10-19(11-13-20)31-17(2)25(27(32)29-21-7-5-6-8-22(21)33-3)26(30-28(31)37)18-9-14-23-24(15-18)36-16-35-23/h5-15,26H,4,16H2,1-3H3,(H,29,32)(H,30,37)/t26-/m0/s1. The average molecular weight is 518 g/mol. The number of carbonyl (C=O) groups excluding carboxylic acids is 1. The van der Waals surface area contributed by atoms with E-state index in [1.54, 1.807) is 19.2 Å². The fraction of sp³-hybridized carbons (Fsp3) is 0.214. The van der Waals surface area contributed by atoms with Crippen molar-refractivity contribution in [3.63, 3.8) is 0 Å². The fourth-order valence-electron chi connectivity index (χ4n) is 4.49. The van der Waals surface area contributed by atoms with Gasteiger partial charge in [-0.05, 0) is 80.2 Å². The van der Waals surface area contributed by atoms with Gasteiger partial charge >= 0.3 is 0 Å². The highest BCUT2D eigenvalue weighted by Gasteiger charge is 2.35. The minimum absolute atomic E-state index is 0.164. The quantitative estimate of drug-likeness (QED) is 0.416. The van der Waals surface area contributed by atoms with Gasteiger partial charge in [-0.3, -0.25) is 9.69 Å². The van der Waals surface area contributed by atoms with E-state index in [9.17, 15) is 4.79 Å². The number of hydrogen-bond donors (Lipinski definition) is 2. The normalized spacial score (nSPS) is 16.4. The monoisotopic (exact) mass is 517 g/mol. The van der Waals surface area contributed by atoms with Crippen molar-refractivity contribution in [1.82, 2.24) is 5.32 Å². The maximum absolute atomic E-state index is 13.9. The van der Waals surface area contributed by atoms with Crippen LogP contribution in [0, 0.1) is 0 Å². The van der Waals surface area contributed by atoms with Crippen molar-refractivity contribution in [2.24, 2.45) is 0 Å². The first-order valence-electron chi connectivity index (χ1n) is 11.9. The number of anilines is 2.